The topological polar surface area (TPSA) is 9.23 Å². The molecule has 0 fully saturated rings. The molecule has 1 aliphatic rings. The van der Waals surface area contributed by atoms with Crippen LogP contribution in [0.15, 0.2) is 22.4 Å². The Hall–Kier alpha value is -0.570. The Kier molecular flexibility index (Phi) is 1.92. The molecule has 1 nitrogen and oxygen atoms in total. The lowest BCUT2D eigenvalue weighted by atomic mass is 9.94. The second-order valence-corrected chi connectivity index (χ2v) is 2.50. The van der Waals surface area contributed by atoms with E-state index in [2.05, 4.69) is 4.74 Å². The van der Waals surface area contributed by atoms with Gasteiger partial charge in [0.2, 0.25) is 0 Å². The van der Waals surface area contributed by atoms with Crippen molar-refractivity contribution in [3.8, 4) is 0 Å². The minimum Gasteiger partial charge on any atom is -0.493 e. The molecular weight excluding hydrogens is 174 g/mol. The quantitative estimate of drug-likeness (QED) is 0.603. The van der Waals surface area contributed by atoms with Gasteiger partial charge in [0.15, 0.2) is 5.76 Å². The highest BCUT2D eigenvalue weighted by atomic mass is 35.5. The molecule has 0 aliphatic heterocycles. The number of rotatable bonds is 1. The summed E-state index contributed by atoms with van der Waals surface area (Å²) >= 11 is 5.47. The summed E-state index contributed by atoms with van der Waals surface area (Å²) < 4.78 is 30.0. The first-order valence-electron chi connectivity index (χ1n) is 3.05. The van der Waals surface area contributed by atoms with Gasteiger partial charge >= 0.3 is 5.92 Å². The van der Waals surface area contributed by atoms with E-state index in [1.165, 1.54) is 20.1 Å². The second kappa shape index (κ2) is 2.48. The number of methoxy groups -OCH3 is 1. The van der Waals surface area contributed by atoms with Crippen molar-refractivity contribution in [2.75, 3.05) is 7.11 Å². The summed E-state index contributed by atoms with van der Waals surface area (Å²) in [5.41, 5.74) is -0.156. The molecular formula is C7H7ClF2O. The van der Waals surface area contributed by atoms with Crippen LogP contribution < -0.4 is 0 Å². The number of allylic oxidation sites excluding steroid dienone is 3. The fourth-order valence-corrected chi connectivity index (χ4v) is 1.41. The van der Waals surface area contributed by atoms with Gasteiger partial charge in [-0.05, 0) is 6.92 Å². The van der Waals surface area contributed by atoms with Crippen LogP contribution in [-0.4, -0.2) is 13.0 Å². The first-order valence-corrected chi connectivity index (χ1v) is 3.42. The van der Waals surface area contributed by atoms with Crippen molar-refractivity contribution in [2.24, 2.45) is 0 Å². The first-order chi connectivity index (χ1) is 5.05. The summed E-state index contributed by atoms with van der Waals surface area (Å²) in [4.78, 5) is 0. The molecule has 0 N–H and O–H groups in total. The Labute approximate surface area is 68.3 Å². The van der Waals surface area contributed by atoms with Crippen molar-refractivity contribution in [3.05, 3.63) is 22.4 Å². The third-order valence-corrected chi connectivity index (χ3v) is 1.93. The van der Waals surface area contributed by atoms with Crippen LogP contribution in [0.1, 0.15) is 6.92 Å². The molecule has 62 valence electrons. The maximum Gasteiger partial charge on any atom is 0.332 e. The maximum atomic E-state index is 12.8. The van der Waals surface area contributed by atoms with Gasteiger partial charge in [0, 0.05) is 5.57 Å². The molecule has 0 unspecified atom stereocenters. The zero-order chi connectivity index (χ0) is 8.65. The lowest BCUT2D eigenvalue weighted by molar-refractivity contribution is 0.00540. The SMILES string of the molecule is C/C=C1\C(Cl)=C(OC)C1(F)F. The number of ether oxygens (including phenoxy) is 1. The Morgan fingerprint density at radius 3 is 2.36 bits per heavy atom. The zero-order valence-electron chi connectivity index (χ0n) is 6.12. The van der Waals surface area contributed by atoms with Crippen LogP contribution in [0.25, 0.3) is 0 Å². The molecule has 0 heterocycles. The third kappa shape index (κ3) is 0.948. The van der Waals surface area contributed by atoms with Gasteiger partial charge in [-0.15, -0.1) is 0 Å². The van der Waals surface area contributed by atoms with E-state index in [1.807, 2.05) is 0 Å². The predicted molar refractivity (Wildman–Crippen MR) is 38.6 cm³/mol. The Balaban J connectivity index is 3.06. The van der Waals surface area contributed by atoms with E-state index in [0.717, 1.165) is 0 Å². The van der Waals surface area contributed by atoms with E-state index < -0.39 is 11.7 Å². The normalized spacial score (nSPS) is 25.4. The van der Waals surface area contributed by atoms with Gasteiger partial charge in [0.1, 0.15) is 0 Å². The van der Waals surface area contributed by atoms with Crippen molar-refractivity contribution in [3.63, 3.8) is 0 Å². The summed E-state index contributed by atoms with van der Waals surface area (Å²) in [6, 6.07) is 0. The van der Waals surface area contributed by atoms with E-state index in [1.54, 1.807) is 0 Å². The Morgan fingerprint density at radius 1 is 1.55 bits per heavy atom. The molecule has 0 aromatic rings. The van der Waals surface area contributed by atoms with Crippen molar-refractivity contribution in [2.45, 2.75) is 12.8 Å². The standard InChI is InChI=1S/C7H7ClF2O/c1-3-4-5(8)6(11-2)7(4,9)10/h3H,1-2H3/b4-3+. The van der Waals surface area contributed by atoms with Gasteiger partial charge in [0.05, 0.1) is 12.1 Å². The first kappa shape index (κ1) is 8.53. The van der Waals surface area contributed by atoms with Crippen LogP contribution >= 0.6 is 11.6 Å². The molecule has 0 atom stereocenters. The minimum atomic E-state index is -2.99. The van der Waals surface area contributed by atoms with Crippen LogP contribution in [0.4, 0.5) is 8.78 Å². The summed E-state index contributed by atoms with van der Waals surface area (Å²) in [5.74, 6) is -3.42. The summed E-state index contributed by atoms with van der Waals surface area (Å²) in [7, 11) is 1.18. The number of hydrogen-bond acceptors (Lipinski definition) is 1. The smallest absolute Gasteiger partial charge is 0.332 e. The van der Waals surface area contributed by atoms with E-state index in [9.17, 15) is 8.78 Å². The number of alkyl halides is 2. The molecule has 11 heavy (non-hydrogen) atoms. The van der Waals surface area contributed by atoms with E-state index in [-0.39, 0.29) is 10.6 Å². The van der Waals surface area contributed by atoms with Crippen LogP contribution in [0.3, 0.4) is 0 Å². The molecule has 0 aromatic heterocycles. The lowest BCUT2D eigenvalue weighted by Crippen LogP contribution is -2.34. The average molecular weight is 181 g/mol. The molecule has 0 bridgehead atoms. The lowest BCUT2D eigenvalue weighted by Gasteiger charge is -2.31. The van der Waals surface area contributed by atoms with E-state index in [0.29, 0.717) is 0 Å². The van der Waals surface area contributed by atoms with Gasteiger partial charge in [0.25, 0.3) is 0 Å². The molecule has 0 radical (unpaired) electrons. The van der Waals surface area contributed by atoms with Gasteiger partial charge in [-0.3, -0.25) is 0 Å². The van der Waals surface area contributed by atoms with E-state index >= 15 is 0 Å². The van der Waals surface area contributed by atoms with Crippen LogP contribution in [-0.2, 0) is 4.74 Å². The van der Waals surface area contributed by atoms with Crippen molar-refractivity contribution in [1.82, 2.24) is 0 Å². The predicted octanol–water partition coefficient (Wildman–Crippen LogP) is 2.68. The second-order valence-electron chi connectivity index (χ2n) is 2.12. The molecule has 0 saturated heterocycles. The third-order valence-electron chi connectivity index (χ3n) is 1.55. The van der Waals surface area contributed by atoms with Gasteiger partial charge in [-0.25, -0.2) is 0 Å². The van der Waals surface area contributed by atoms with Crippen molar-refractivity contribution < 1.29 is 13.5 Å². The molecule has 0 spiro atoms. The highest BCUT2D eigenvalue weighted by molar-refractivity contribution is 6.34. The fourth-order valence-electron chi connectivity index (χ4n) is 0.984. The number of hydrogen-bond donors (Lipinski definition) is 0. The minimum absolute atomic E-state index is 0.0278. The highest BCUT2D eigenvalue weighted by Gasteiger charge is 2.52. The van der Waals surface area contributed by atoms with E-state index in [4.69, 9.17) is 11.6 Å². The van der Waals surface area contributed by atoms with Gasteiger partial charge in [-0.1, -0.05) is 17.7 Å². The van der Waals surface area contributed by atoms with Crippen molar-refractivity contribution >= 4 is 11.6 Å². The fraction of sp³-hybridized carbons (Fsp3) is 0.429. The summed E-state index contributed by atoms with van der Waals surface area (Å²) in [5, 5.41) is 0.0278. The number of halogens is 3. The summed E-state index contributed by atoms with van der Waals surface area (Å²) in [6.45, 7) is 1.51. The molecule has 1 aliphatic carbocycles. The molecule has 1 rings (SSSR count). The van der Waals surface area contributed by atoms with Crippen LogP contribution in [0.5, 0.6) is 0 Å². The summed E-state index contributed by atoms with van der Waals surface area (Å²) in [6.07, 6.45) is 1.28. The Bertz CT molecular complexity index is 243. The molecule has 0 aromatic carbocycles. The zero-order valence-corrected chi connectivity index (χ0v) is 6.88. The monoisotopic (exact) mass is 180 g/mol. The molecule has 4 heteroatoms. The average Bonchev–Trinajstić information content (AvgIpc) is 1.88. The molecule has 0 amide bonds. The maximum absolute atomic E-state index is 12.8. The Morgan fingerprint density at radius 2 is 2.09 bits per heavy atom. The van der Waals surface area contributed by atoms with Crippen LogP contribution in [0, 0.1) is 0 Å². The van der Waals surface area contributed by atoms with Gasteiger partial charge < -0.3 is 4.74 Å². The van der Waals surface area contributed by atoms with Gasteiger partial charge in [-0.2, -0.15) is 8.78 Å². The highest BCUT2D eigenvalue weighted by Crippen LogP contribution is 2.50. The largest absolute Gasteiger partial charge is 0.493 e. The molecule has 0 saturated carbocycles. The van der Waals surface area contributed by atoms with Crippen LogP contribution in [0.2, 0.25) is 0 Å². The van der Waals surface area contributed by atoms with Crippen molar-refractivity contribution in [1.29, 1.82) is 0 Å².